The molecule has 4 nitrogen and oxygen atoms in total. The number of piperidine rings is 1. The molecule has 1 atom stereocenters. The number of nitrogens with one attached hydrogen (secondary N) is 2. The maximum absolute atomic E-state index is 13.3. The number of fused-ring (bicyclic) bond motifs is 3. The van der Waals surface area contributed by atoms with Crippen molar-refractivity contribution >= 4 is 16.8 Å². The van der Waals surface area contributed by atoms with Gasteiger partial charge in [-0.3, -0.25) is 4.79 Å². The maximum atomic E-state index is 13.3. The number of amides is 1. The van der Waals surface area contributed by atoms with Crippen LogP contribution >= 0.6 is 0 Å². The summed E-state index contributed by atoms with van der Waals surface area (Å²) in [5.74, 6) is 1.07. The molecule has 0 spiro atoms. The van der Waals surface area contributed by atoms with Crippen LogP contribution in [0.25, 0.3) is 10.9 Å². The van der Waals surface area contributed by atoms with E-state index in [4.69, 9.17) is 0 Å². The average Bonchev–Trinajstić information content (AvgIpc) is 3.17. The van der Waals surface area contributed by atoms with Crippen molar-refractivity contribution in [3.05, 3.63) is 71.4 Å². The minimum atomic E-state index is 0.0504. The summed E-state index contributed by atoms with van der Waals surface area (Å²) in [5.41, 5.74) is 5.25. The summed E-state index contributed by atoms with van der Waals surface area (Å²) in [6.45, 7) is 5.92. The third-order valence-electron chi connectivity index (χ3n) is 7.29. The molecule has 156 valence electrons. The Bertz CT molecular complexity index is 1020. The SMILES string of the molecule is C[C@@H](C(=O)N1CCc2[nH]c3ccccc3c2C1)[NH+]1CCC(Cc2ccccc2)CC1. The molecule has 2 aromatic carbocycles. The minimum Gasteiger partial charge on any atom is -0.358 e. The Morgan fingerprint density at radius 1 is 1.10 bits per heavy atom. The fourth-order valence-corrected chi connectivity index (χ4v) is 5.44. The van der Waals surface area contributed by atoms with E-state index < -0.39 is 0 Å². The molecule has 1 fully saturated rings. The van der Waals surface area contributed by atoms with Gasteiger partial charge in [0.15, 0.2) is 6.04 Å². The van der Waals surface area contributed by atoms with Crippen LogP contribution in [-0.4, -0.2) is 41.5 Å². The molecule has 2 aliphatic heterocycles. The van der Waals surface area contributed by atoms with Gasteiger partial charge in [0, 0.05) is 41.7 Å². The van der Waals surface area contributed by atoms with E-state index in [0.717, 1.165) is 38.5 Å². The third kappa shape index (κ3) is 3.77. The summed E-state index contributed by atoms with van der Waals surface area (Å²) >= 11 is 0. The molecule has 0 saturated carbocycles. The first-order valence-electron chi connectivity index (χ1n) is 11.4. The van der Waals surface area contributed by atoms with Crippen molar-refractivity contribution < 1.29 is 9.69 Å². The molecule has 1 aromatic heterocycles. The lowest BCUT2D eigenvalue weighted by atomic mass is 9.89. The van der Waals surface area contributed by atoms with Crippen LogP contribution in [0.1, 0.15) is 36.6 Å². The maximum Gasteiger partial charge on any atom is 0.280 e. The smallest absolute Gasteiger partial charge is 0.280 e. The topological polar surface area (TPSA) is 40.5 Å². The lowest BCUT2D eigenvalue weighted by molar-refractivity contribution is -0.920. The molecule has 1 amide bonds. The number of hydrogen-bond donors (Lipinski definition) is 2. The zero-order valence-corrected chi connectivity index (χ0v) is 17.9. The molecule has 5 rings (SSSR count). The predicted octanol–water partition coefficient (Wildman–Crippen LogP) is 2.98. The van der Waals surface area contributed by atoms with Crippen LogP contribution in [0, 0.1) is 5.92 Å². The molecule has 2 N–H and O–H groups in total. The molecular formula is C26H32N3O+. The van der Waals surface area contributed by atoms with Crippen molar-refractivity contribution in [2.75, 3.05) is 19.6 Å². The van der Waals surface area contributed by atoms with Crippen LogP contribution in [0.2, 0.25) is 0 Å². The van der Waals surface area contributed by atoms with E-state index in [-0.39, 0.29) is 6.04 Å². The van der Waals surface area contributed by atoms with Crippen molar-refractivity contribution in [1.29, 1.82) is 0 Å². The van der Waals surface area contributed by atoms with Crippen molar-refractivity contribution in [1.82, 2.24) is 9.88 Å². The summed E-state index contributed by atoms with van der Waals surface area (Å²) in [6, 6.07) is 19.3. The van der Waals surface area contributed by atoms with Crippen molar-refractivity contribution in [3.8, 4) is 0 Å². The number of aromatic amines is 1. The molecule has 30 heavy (non-hydrogen) atoms. The summed E-state index contributed by atoms with van der Waals surface area (Å²) in [7, 11) is 0. The summed E-state index contributed by atoms with van der Waals surface area (Å²) < 4.78 is 0. The summed E-state index contributed by atoms with van der Waals surface area (Å²) in [5, 5.41) is 1.27. The highest BCUT2D eigenvalue weighted by Gasteiger charge is 2.34. The molecular weight excluding hydrogens is 370 g/mol. The van der Waals surface area contributed by atoms with Crippen molar-refractivity contribution in [2.24, 2.45) is 5.92 Å². The van der Waals surface area contributed by atoms with E-state index in [2.05, 4.69) is 71.4 Å². The molecule has 3 heterocycles. The van der Waals surface area contributed by atoms with Gasteiger partial charge in [-0.1, -0.05) is 48.5 Å². The molecule has 0 bridgehead atoms. The molecule has 2 aliphatic rings. The summed E-state index contributed by atoms with van der Waals surface area (Å²) in [6.07, 6.45) is 4.53. The van der Waals surface area contributed by atoms with Gasteiger partial charge in [-0.2, -0.15) is 0 Å². The highest BCUT2D eigenvalue weighted by Crippen LogP contribution is 2.27. The lowest BCUT2D eigenvalue weighted by Crippen LogP contribution is -3.17. The second-order valence-corrected chi connectivity index (χ2v) is 9.15. The number of nitrogens with zero attached hydrogens (tertiary/aromatic N) is 1. The Hall–Kier alpha value is -2.59. The van der Waals surface area contributed by atoms with Gasteiger partial charge >= 0.3 is 0 Å². The minimum absolute atomic E-state index is 0.0504. The zero-order chi connectivity index (χ0) is 20.5. The van der Waals surface area contributed by atoms with Crippen molar-refractivity contribution in [2.45, 2.75) is 45.2 Å². The lowest BCUT2D eigenvalue weighted by Gasteiger charge is -2.36. The van der Waals surface area contributed by atoms with E-state index in [1.54, 1.807) is 0 Å². The van der Waals surface area contributed by atoms with Gasteiger partial charge in [0.05, 0.1) is 13.1 Å². The van der Waals surface area contributed by atoms with Crippen LogP contribution in [0.5, 0.6) is 0 Å². The van der Waals surface area contributed by atoms with Gasteiger partial charge in [0.2, 0.25) is 0 Å². The van der Waals surface area contributed by atoms with Gasteiger partial charge in [-0.05, 0) is 43.7 Å². The van der Waals surface area contributed by atoms with Gasteiger partial charge in [-0.25, -0.2) is 0 Å². The Balaban J connectivity index is 1.20. The Morgan fingerprint density at radius 2 is 1.83 bits per heavy atom. The van der Waals surface area contributed by atoms with Gasteiger partial charge in [-0.15, -0.1) is 0 Å². The number of hydrogen-bond acceptors (Lipinski definition) is 1. The highest BCUT2D eigenvalue weighted by molar-refractivity contribution is 5.86. The fraction of sp³-hybridized carbons (Fsp3) is 0.423. The number of para-hydroxylation sites is 1. The average molecular weight is 403 g/mol. The normalized spacial score (nSPS) is 22.6. The highest BCUT2D eigenvalue weighted by atomic mass is 16.2. The number of H-pyrrole nitrogens is 1. The second-order valence-electron chi connectivity index (χ2n) is 9.15. The first-order chi connectivity index (χ1) is 14.7. The van der Waals surface area contributed by atoms with E-state index in [1.165, 1.54) is 51.9 Å². The Labute approximate surface area is 178 Å². The number of carbonyl (C=O) groups is 1. The summed E-state index contributed by atoms with van der Waals surface area (Å²) in [4.78, 5) is 20.4. The van der Waals surface area contributed by atoms with E-state index in [9.17, 15) is 4.79 Å². The largest absolute Gasteiger partial charge is 0.358 e. The van der Waals surface area contributed by atoms with Crippen LogP contribution < -0.4 is 4.90 Å². The molecule has 0 radical (unpaired) electrons. The number of carbonyl (C=O) groups excluding carboxylic acids is 1. The van der Waals surface area contributed by atoms with Crippen LogP contribution in [0.4, 0.5) is 0 Å². The van der Waals surface area contributed by atoms with E-state index in [0.29, 0.717) is 5.91 Å². The third-order valence-corrected chi connectivity index (χ3v) is 7.29. The number of likely N-dealkylation sites (tertiary alicyclic amines) is 1. The monoisotopic (exact) mass is 402 g/mol. The zero-order valence-electron chi connectivity index (χ0n) is 17.9. The van der Waals surface area contributed by atoms with Crippen molar-refractivity contribution in [3.63, 3.8) is 0 Å². The standard InChI is InChI=1S/C26H31N3O/c1-19(28-14-11-21(12-15-28)17-20-7-3-2-4-8-20)26(30)29-16-13-25-23(18-29)22-9-5-6-10-24(22)27-25/h2-10,19,21,27H,11-18H2,1H3/p+1/t19-/m0/s1. The fourth-order valence-electron chi connectivity index (χ4n) is 5.44. The quantitative estimate of drug-likeness (QED) is 0.692. The Morgan fingerprint density at radius 3 is 2.63 bits per heavy atom. The van der Waals surface area contributed by atoms with E-state index >= 15 is 0 Å². The van der Waals surface area contributed by atoms with Crippen LogP contribution in [-0.2, 0) is 24.2 Å². The molecule has 0 unspecified atom stereocenters. The number of benzene rings is 2. The number of quaternary nitrogens is 1. The molecule has 0 aliphatic carbocycles. The second kappa shape index (κ2) is 8.27. The molecule has 4 heteroatoms. The van der Waals surface area contributed by atoms with Crippen LogP contribution in [0.3, 0.4) is 0 Å². The Kier molecular flexibility index (Phi) is 5.34. The first kappa shape index (κ1) is 19.4. The number of rotatable bonds is 4. The predicted molar refractivity (Wildman–Crippen MR) is 120 cm³/mol. The van der Waals surface area contributed by atoms with Gasteiger partial charge in [0.1, 0.15) is 0 Å². The first-order valence-corrected chi connectivity index (χ1v) is 11.4. The molecule has 1 saturated heterocycles. The van der Waals surface area contributed by atoms with E-state index in [1.807, 2.05) is 0 Å². The molecule has 3 aromatic rings. The number of aromatic nitrogens is 1. The van der Waals surface area contributed by atoms with Gasteiger partial charge < -0.3 is 14.8 Å². The van der Waals surface area contributed by atoms with Gasteiger partial charge in [0.25, 0.3) is 5.91 Å². The van der Waals surface area contributed by atoms with Crippen LogP contribution in [0.15, 0.2) is 54.6 Å².